The van der Waals surface area contributed by atoms with Gasteiger partial charge in [0.25, 0.3) is 6.43 Å². The van der Waals surface area contributed by atoms with Gasteiger partial charge < -0.3 is 10.1 Å². The van der Waals surface area contributed by atoms with Gasteiger partial charge in [0, 0.05) is 6.61 Å². The molecule has 1 saturated heterocycles. The molecule has 0 aromatic heterocycles. The molecule has 2 atom stereocenters. The predicted octanol–water partition coefficient (Wildman–Crippen LogP) is 2.19. The zero-order valence-corrected chi connectivity index (χ0v) is 8.64. The van der Waals surface area contributed by atoms with Gasteiger partial charge in [-0.05, 0) is 39.2 Å². The van der Waals surface area contributed by atoms with Gasteiger partial charge in [-0.1, -0.05) is 0 Å². The topological polar surface area (TPSA) is 21.3 Å². The summed E-state index contributed by atoms with van der Waals surface area (Å²) in [7, 11) is 0. The highest BCUT2D eigenvalue weighted by molar-refractivity contribution is 4.68. The number of hydrogen-bond donors (Lipinski definition) is 1. The van der Waals surface area contributed by atoms with Crippen LogP contribution in [-0.4, -0.2) is 31.7 Å². The van der Waals surface area contributed by atoms with E-state index in [1.54, 1.807) is 0 Å². The van der Waals surface area contributed by atoms with E-state index < -0.39 is 12.5 Å². The van der Waals surface area contributed by atoms with Gasteiger partial charge in [-0.3, -0.25) is 0 Å². The summed E-state index contributed by atoms with van der Waals surface area (Å²) in [6.07, 6.45) is 2.26. The molecule has 2 unspecified atom stereocenters. The fourth-order valence-electron chi connectivity index (χ4n) is 1.60. The average molecular weight is 207 g/mol. The van der Waals surface area contributed by atoms with E-state index in [2.05, 4.69) is 5.32 Å². The minimum absolute atomic E-state index is 0.279. The molecule has 1 heterocycles. The van der Waals surface area contributed by atoms with Crippen LogP contribution in [0.25, 0.3) is 0 Å². The molecule has 0 bridgehead atoms. The lowest BCUT2D eigenvalue weighted by Gasteiger charge is -2.23. The summed E-state index contributed by atoms with van der Waals surface area (Å²) in [5.74, 6) is 0. The number of hydrogen-bond acceptors (Lipinski definition) is 2. The van der Waals surface area contributed by atoms with Crippen LogP contribution in [0.3, 0.4) is 0 Å². The minimum Gasteiger partial charge on any atom is -0.378 e. The van der Waals surface area contributed by atoms with Crippen LogP contribution in [0.1, 0.15) is 32.6 Å². The monoisotopic (exact) mass is 207 g/mol. The molecular formula is C10H19F2NO. The summed E-state index contributed by atoms with van der Waals surface area (Å²) in [6.45, 7) is 2.96. The summed E-state index contributed by atoms with van der Waals surface area (Å²) in [4.78, 5) is 0. The quantitative estimate of drug-likeness (QED) is 0.746. The Morgan fingerprint density at radius 2 is 2.21 bits per heavy atom. The van der Waals surface area contributed by atoms with Gasteiger partial charge in [-0.15, -0.1) is 0 Å². The van der Waals surface area contributed by atoms with E-state index in [4.69, 9.17) is 4.74 Å². The molecular weight excluding hydrogens is 188 g/mol. The van der Waals surface area contributed by atoms with Crippen LogP contribution in [0.5, 0.6) is 0 Å². The lowest BCUT2D eigenvalue weighted by molar-refractivity contribution is 0.00980. The Kier molecular flexibility index (Phi) is 5.33. The van der Waals surface area contributed by atoms with Crippen LogP contribution in [0.4, 0.5) is 8.78 Å². The summed E-state index contributed by atoms with van der Waals surface area (Å²) in [5.41, 5.74) is 0. The Hall–Kier alpha value is -0.220. The van der Waals surface area contributed by atoms with Gasteiger partial charge in [-0.2, -0.15) is 0 Å². The predicted molar refractivity (Wildman–Crippen MR) is 51.7 cm³/mol. The van der Waals surface area contributed by atoms with Crippen molar-refractivity contribution in [2.45, 2.75) is 51.2 Å². The molecule has 0 saturated carbocycles. The van der Waals surface area contributed by atoms with E-state index in [-0.39, 0.29) is 6.10 Å². The highest BCUT2D eigenvalue weighted by Crippen LogP contribution is 2.15. The molecule has 1 N–H and O–H groups in total. The zero-order chi connectivity index (χ0) is 10.4. The minimum atomic E-state index is -2.28. The fraction of sp³-hybridized carbons (Fsp3) is 1.00. The molecule has 1 aliphatic rings. The fourth-order valence-corrected chi connectivity index (χ4v) is 1.60. The number of halogens is 2. The number of rotatable bonds is 5. The van der Waals surface area contributed by atoms with E-state index in [0.717, 1.165) is 25.9 Å². The third kappa shape index (κ3) is 4.33. The van der Waals surface area contributed by atoms with Crippen molar-refractivity contribution < 1.29 is 13.5 Å². The molecule has 14 heavy (non-hydrogen) atoms. The van der Waals surface area contributed by atoms with Crippen molar-refractivity contribution in [1.82, 2.24) is 5.32 Å². The van der Waals surface area contributed by atoms with Crippen molar-refractivity contribution in [2.24, 2.45) is 0 Å². The maximum Gasteiger partial charge on any atom is 0.253 e. The van der Waals surface area contributed by atoms with Gasteiger partial charge in [0.15, 0.2) is 0 Å². The van der Waals surface area contributed by atoms with Crippen molar-refractivity contribution in [3.63, 3.8) is 0 Å². The number of ether oxygens (including phenoxy) is 1. The maximum atomic E-state index is 12.1. The van der Waals surface area contributed by atoms with E-state index in [1.165, 1.54) is 13.3 Å². The van der Waals surface area contributed by atoms with Crippen LogP contribution in [0.2, 0.25) is 0 Å². The zero-order valence-electron chi connectivity index (χ0n) is 8.64. The van der Waals surface area contributed by atoms with Crippen molar-refractivity contribution in [1.29, 1.82) is 0 Å². The third-order valence-electron chi connectivity index (χ3n) is 2.58. The van der Waals surface area contributed by atoms with E-state index in [9.17, 15) is 8.78 Å². The van der Waals surface area contributed by atoms with Crippen molar-refractivity contribution in [3.8, 4) is 0 Å². The Bertz CT molecular complexity index is 149. The highest BCUT2D eigenvalue weighted by atomic mass is 19.3. The highest BCUT2D eigenvalue weighted by Gasteiger charge is 2.16. The Balaban J connectivity index is 2.02. The van der Waals surface area contributed by atoms with Crippen LogP contribution in [0, 0.1) is 0 Å². The molecule has 0 spiro atoms. The molecule has 84 valence electrons. The van der Waals surface area contributed by atoms with Gasteiger partial charge in [0.2, 0.25) is 0 Å². The lowest BCUT2D eigenvalue weighted by atomic mass is 10.1. The first kappa shape index (κ1) is 11.9. The Labute approximate surface area is 84.0 Å². The Morgan fingerprint density at radius 1 is 1.43 bits per heavy atom. The third-order valence-corrected chi connectivity index (χ3v) is 2.58. The van der Waals surface area contributed by atoms with Gasteiger partial charge in [-0.25, -0.2) is 8.78 Å². The first-order chi connectivity index (χ1) is 6.70. The summed E-state index contributed by atoms with van der Waals surface area (Å²) in [5, 5.41) is 2.80. The molecule has 0 aromatic carbocycles. The maximum absolute atomic E-state index is 12.1. The van der Waals surface area contributed by atoms with Crippen LogP contribution in [0.15, 0.2) is 0 Å². The summed E-state index contributed by atoms with van der Waals surface area (Å²) in [6, 6.07) is -0.710. The number of alkyl halides is 2. The second-order valence-electron chi connectivity index (χ2n) is 3.85. The van der Waals surface area contributed by atoms with Crippen molar-refractivity contribution in [3.05, 3.63) is 0 Å². The second kappa shape index (κ2) is 6.30. The summed E-state index contributed by atoms with van der Waals surface area (Å²) < 4.78 is 29.7. The smallest absolute Gasteiger partial charge is 0.253 e. The summed E-state index contributed by atoms with van der Waals surface area (Å²) >= 11 is 0. The Morgan fingerprint density at radius 3 is 2.79 bits per heavy atom. The first-order valence-corrected chi connectivity index (χ1v) is 5.33. The van der Waals surface area contributed by atoms with Gasteiger partial charge in [0.05, 0.1) is 12.1 Å². The van der Waals surface area contributed by atoms with Crippen LogP contribution < -0.4 is 5.32 Å². The van der Waals surface area contributed by atoms with Gasteiger partial charge >= 0.3 is 0 Å². The first-order valence-electron chi connectivity index (χ1n) is 5.33. The molecule has 2 nitrogen and oxygen atoms in total. The van der Waals surface area contributed by atoms with Gasteiger partial charge in [0.1, 0.15) is 0 Å². The van der Waals surface area contributed by atoms with Crippen LogP contribution >= 0.6 is 0 Å². The molecule has 4 heteroatoms. The second-order valence-corrected chi connectivity index (χ2v) is 3.85. The van der Waals surface area contributed by atoms with Crippen molar-refractivity contribution >= 4 is 0 Å². The molecule has 1 rings (SSSR count). The SMILES string of the molecule is CC(NCCC1CCCCO1)C(F)F. The molecule has 0 aromatic rings. The molecule has 1 fully saturated rings. The van der Waals surface area contributed by atoms with E-state index in [1.807, 2.05) is 0 Å². The normalized spacial score (nSPS) is 25.3. The largest absolute Gasteiger partial charge is 0.378 e. The van der Waals surface area contributed by atoms with E-state index in [0.29, 0.717) is 6.54 Å². The lowest BCUT2D eigenvalue weighted by Crippen LogP contribution is -2.35. The van der Waals surface area contributed by atoms with E-state index >= 15 is 0 Å². The molecule has 0 amide bonds. The molecule has 1 aliphatic heterocycles. The average Bonchev–Trinajstić information content (AvgIpc) is 2.19. The van der Waals surface area contributed by atoms with Crippen molar-refractivity contribution in [2.75, 3.05) is 13.2 Å². The molecule has 0 aliphatic carbocycles. The number of nitrogens with one attached hydrogen (secondary N) is 1. The standard InChI is InChI=1S/C10H19F2NO/c1-8(10(11)12)13-6-5-9-4-2-3-7-14-9/h8-10,13H,2-7H2,1H3. The molecule has 0 radical (unpaired) electrons. The van der Waals surface area contributed by atoms with Crippen LogP contribution in [-0.2, 0) is 4.74 Å².